The number of allylic oxidation sites excluding steroid dienone is 18. The highest BCUT2D eigenvalue weighted by molar-refractivity contribution is 7.26. The van der Waals surface area contributed by atoms with Gasteiger partial charge >= 0.3 is 0 Å². The molecule has 1 nitrogen and oxygen atoms in total. The quantitative estimate of drug-likeness (QED) is 0.117. The monoisotopic (exact) mass is 827 g/mol. The van der Waals surface area contributed by atoms with E-state index in [1.54, 1.807) is 0 Å². The van der Waals surface area contributed by atoms with Gasteiger partial charge in [-0.25, -0.2) is 0 Å². The summed E-state index contributed by atoms with van der Waals surface area (Å²) in [6.45, 7) is 21.4. The Bertz CT molecular complexity index is 2740. The average Bonchev–Trinajstić information content (AvgIpc) is 3.68. The molecule has 9 rings (SSSR count). The number of benzene rings is 4. The fraction of sp³-hybridized carbons (Fsp3) is 0.233. The average molecular weight is 828 g/mol. The highest BCUT2D eigenvalue weighted by Gasteiger charge is 2.27. The first-order valence-electron chi connectivity index (χ1n) is 22.4. The van der Waals surface area contributed by atoms with Crippen LogP contribution in [-0.4, -0.2) is 0 Å². The Morgan fingerprint density at radius 1 is 0.758 bits per heavy atom. The third-order valence-electron chi connectivity index (χ3n) is 12.1. The molecule has 0 aliphatic heterocycles. The summed E-state index contributed by atoms with van der Waals surface area (Å²) >= 11 is 1.96. The smallest absolute Gasteiger partial charge is 0.0638 e. The number of fused-ring (bicyclic) bond motifs is 7. The van der Waals surface area contributed by atoms with Crippen LogP contribution >= 0.6 is 11.3 Å². The number of thiophene rings is 1. The van der Waals surface area contributed by atoms with Gasteiger partial charge in [0.25, 0.3) is 0 Å². The van der Waals surface area contributed by atoms with E-state index in [4.69, 9.17) is 0 Å². The van der Waals surface area contributed by atoms with Crippen LogP contribution in [0.5, 0.6) is 0 Å². The minimum atomic E-state index is 0.124. The molecule has 0 saturated carbocycles. The standard InChI is InChI=1S/C34H31N.C24H24S.C2H6/c1-25(2)35(31-20-18-29(19-21-31)28-12-5-4-6-13-28)32-22-23-33(26(3)24-32)34-15-9-11-27-10-7-8-14-30(34)17-16-27;1-4-10-17-11-9-13-18-19-14-15-21-20(23(19)25-22(17)18)12-7-5-6-8-16-24(21,2)3;1-2/h4-15,18-23,26-27,30H,1,24H2,2-3H3;4-9,11,13-15H,1,10,12,16H2,2-3H3;1-2H3/b10-7-,11-9-,14-8-,34-15+;7-5-,8-6-;. The van der Waals surface area contributed by atoms with Gasteiger partial charge in [0.2, 0.25) is 0 Å². The number of hydrogen-bond acceptors (Lipinski definition) is 2. The van der Waals surface area contributed by atoms with E-state index in [1.807, 2.05) is 31.3 Å². The summed E-state index contributed by atoms with van der Waals surface area (Å²) in [5.41, 5.74) is 13.1. The lowest BCUT2D eigenvalue weighted by Crippen LogP contribution is -2.24. The predicted molar refractivity (Wildman–Crippen MR) is 274 cm³/mol. The molecule has 1 aromatic heterocycles. The van der Waals surface area contributed by atoms with Gasteiger partial charge in [-0.2, -0.15) is 0 Å². The third-order valence-corrected chi connectivity index (χ3v) is 13.4. The third kappa shape index (κ3) is 9.65. The van der Waals surface area contributed by atoms with Crippen molar-refractivity contribution < 1.29 is 0 Å². The molecule has 3 unspecified atom stereocenters. The van der Waals surface area contributed by atoms with Gasteiger partial charge in [0.05, 0.1) is 11.8 Å². The Labute approximate surface area is 376 Å². The molecule has 0 fully saturated rings. The summed E-state index contributed by atoms with van der Waals surface area (Å²) < 4.78 is 2.88. The highest BCUT2D eigenvalue weighted by Crippen LogP contribution is 2.43. The number of hydrogen-bond donors (Lipinski definition) is 0. The molecule has 4 aliphatic rings. The molecule has 3 atom stereocenters. The molecular weight excluding hydrogens is 767 g/mol. The fourth-order valence-corrected chi connectivity index (χ4v) is 10.4. The topological polar surface area (TPSA) is 3.24 Å². The maximum absolute atomic E-state index is 4.30. The zero-order chi connectivity index (χ0) is 43.6. The molecule has 0 saturated heterocycles. The molecule has 4 aromatic carbocycles. The lowest BCUT2D eigenvalue weighted by molar-refractivity contribution is 0.531. The van der Waals surface area contributed by atoms with Crippen LogP contribution in [0.3, 0.4) is 0 Å². The van der Waals surface area contributed by atoms with Crippen molar-refractivity contribution in [1.82, 2.24) is 0 Å². The largest absolute Gasteiger partial charge is 0.319 e. The summed E-state index contributed by atoms with van der Waals surface area (Å²) in [6, 6.07) is 30.7. The van der Waals surface area contributed by atoms with Crippen LogP contribution in [0.4, 0.5) is 5.69 Å². The van der Waals surface area contributed by atoms with Crippen LogP contribution in [-0.2, 0) is 18.3 Å². The van der Waals surface area contributed by atoms with Gasteiger partial charge in [0, 0.05) is 37.3 Å². The van der Waals surface area contributed by atoms with Crippen molar-refractivity contribution in [3.8, 4) is 23.0 Å². The van der Waals surface area contributed by atoms with Gasteiger partial charge in [0.1, 0.15) is 0 Å². The highest BCUT2D eigenvalue weighted by atomic mass is 32.1. The second-order valence-corrected chi connectivity index (χ2v) is 18.0. The first kappa shape index (κ1) is 43.9. The van der Waals surface area contributed by atoms with Gasteiger partial charge in [0.15, 0.2) is 0 Å². The molecule has 62 heavy (non-hydrogen) atoms. The second kappa shape index (κ2) is 20.2. The Hall–Kier alpha value is -6.14. The van der Waals surface area contributed by atoms with Crippen molar-refractivity contribution >= 4 is 37.2 Å². The van der Waals surface area contributed by atoms with Crippen molar-refractivity contribution in [1.29, 1.82) is 0 Å². The van der Waals surface area contributed by atoms with E-state index in [9.17, 15) is 0 Å². The van der Waals surface area contributed by atoms with E-state index in [0.717, 1.165) is 37.1 Å². The van der Waals surface area contributed by atoms with E-state index in [2.05, 4.69) is 222 Å². The van der Waals surface area contributed by atoms with Crippen molar-refractivity contribution in [2.45, 2.75) is 72.6 Å². The van der Waals surface area contributed by atoms with Gasteiger partial charge in [-0.15, -0.1) is 17.9 Å². The number of anilines is 1. The van der Waals surface area contributed by atoms with E-state index in [0.29, 0.717) is 5.92 Å². The number of rotatable bonds is 7. The molecular formula is C60H61NS. The van der Waals surface area contributed by atoms with Crippen LogP contribution in [0.25, 0.3) is 31.3 Å². The lowest BCUT2D eigenvalue weighted by atomic mass is 9.78. The van der Waals surface area contributed by atoms with Crippen molar-refractivity contribution in [3.63, 3.8) is 0 Å². The van der Waals surface area contributed by atoms with Gasteiger partial charge in [-0.1, -0.05) is 205 Å². The summed E-state index contributed by atoms with van der Waals surface area (Å²) in [5, 5.41) is 2.79. The summed E-state index contributed by atoms with van der Waals surface area (Å²) in [4.78, 5) is 2.29. The van der Waals surface area contributed by atoms with Crippen LogP contribution < -0.4 is 4.90 Å². The fourth-order valence-electron chi connectivity index (χ4n) is 8.99. The zero-order valence-corrected chi connectivity index (χ0v) is 38.3. The Morgan fingerprint density at radius 2 is 1.48 bits per heavy atom. The van der Waals surface area contributed by atoms with Crippen LogP contribution in [0.1, 0.15) is 71.1 Å². The van der Waals surface area contributed by atoms with E-state index in [1.165, 1.54) is 64.8 Å². The maximum atomic E-state index is 4.30. The first-order chi connectivity index (χ1) is 30.2. The molecule has 312 valence electrons. The van der Waals surface area contributed by atoms with Gasteiger partial charge in [-0.3, -0.25) is 0 Å². The zero-order valence-electron chi connectivity index (χ0n) is 37.5. The van der Waals surface area contributed by atoms with Crippen molar-refractivity contribution in [2.75, 3.05) is 4.90 Å². The molecule has 2 heteroatoms. The molecule has 5 aromatic rings. The maximum Gasteiger partial charge on any atom is 0.0638 e. The summed E-state index contributed by atoms with van der Waals surface area (Å²) in [6.07, 6.45) is 34.7. The SMILES string of the molecule is C=C(C)N(C1=CC=C(/C2=C/C=C\C3C#CC2/C=C\C=C/3)C(C)C1)c1ccc(-c2ccccc2)cc1.C=CCc1cccc2c1sc1c3c(ccc12)C(C)(C)C/C=C\C=C/C3.CC. The van der Waals surface area contributed by atoms with E-state index >= 15 is 0 Å². The summed E-state index contributed by atoms with van der Waals surface area (Å²) in [7, 11) is 0. The van der Waals surface area contributed by atoms with Crippen LogP contribution in [0.2, 0.25) is 0 Å². The molecule has 4 aliphatic carbocycles. The van der Waals surface area contributed by atoms with Gasteiger partial charge < -0.3 is 4.90 Å². The van der Waals surface area contributed by atoms with Crippen molar-refractivity contribution in [2.24, 2.45) is 17.8 Å². The lowest BCUT2D eigenvalue weighted by Gasteiger charge is -2.33. The van der Waals surface area contributed by atoms with E-state index in [-0.39, 0.29) is 17.3 Å². The molecule has 0 spiro atoms. The molecule has 1 heterocycles. The first-order valence-corrected chi connectivity index (χ1v) is 23.2. The summed E-state index contributed by atoms with van der Waals surface area (Å²) in [5.74, 6) is 7.60. The molecule has 0 radical (unpaired) electrons. The molecule has 0 N–H and O–H groups in total. The van der Waals surface area contributed by atoms with E-state index < -0.39 is 0 Å². The minimum Gasteiger partial charge on any atom is -0.319 e. The Morgan fingerprint density at radius 3 is 2.24 bits per heavy atom. The van der Waals surface area contributed by atoms with Crippen LogP contribution in [0.15, 0.2) is 206 Å². The van der Waals surface area contributed by atoms with Gasteiger partial charge in [-0.05, 0) is 101 Å². The Balaban J connectivity index is 0.000000189. The van der Waals surface area contributed by atoms with Crippen molar-refractivity contribution in [3.05, 3.63) is 222 Å². The number of nitrogens with zero attached hydrogens (tertiary/aromatic N) is 1. The normalized spacial score (nSPS) is 22.8. The van der Waals surface area contributed by atoms with Crippen LogP contribution in [0, 0.1) is 29.6 Å². The Kier molecular flexibility index (Phi) is 14.3. The minimum absolute atomic E-state index is 0.124. The predicted octanol–water partition coefficient (Wildman–Crippen LogP) is 16.5. The molecule has 0 amide bonds. The second-order valence-electron chi connectivity index (χ2n) is 16.9. The molecule has 2 bridgehead atoms.